The zero-order valence-corrected chi connectivity index (χ0v) is 8.68. The molecule has 0 amide bonds. The van der Waals surface area contributed by atoms with Crippen LogP contribution in [0.3, 0.4) is 0 Å². The van der Waals surface area contributed by atoms with E-state index in [2.05, 4.69) is 0 Å². The zero-order valence-electron chi connectivity index (χ0n) is 7.17. The first-order valence-corrected chi connectivity index (χ1v) is 4.67. The summed E-state index contributed by atoms with van der Waals surface area (Å²) in [6, 6.07) is 4.70. The quantitative estimate of drug-likeness (QED) is 0.803. The molecule has 0 aromatic heterocycles. The Labute approximate surface area is 87.3 Å². The lowest BCUT2D eigenvalue weighted by atomic mass is 10.0. The van der Waals surface area contributed by atoms with E-state index in [0.717, 1.165) is 0 Å². The third-order valence-corrected chi connectivity index (χ3v) is 2.69. The molecule has 0 heterocycles. The standard InChI is InChI=1S/C9H11Cl2NO/c1-5(13)9(12)6-3-2-4-7(10)8(6)11/h2-5,9,13H,12H2,1H3/t5?,9-/m1/s1. The molecule has 0 aliphatic heterocycles. The van der Waals surface area contributed by atoms with Crippen LogP contribution >= 0.6 is 23.2 Å². The fraction of sp³-hybridized carbons (Fsp3) is 0.333. The van der Waals surface area contributed by atoms with E-state index >= 15 is 0 Å². The summed E-state index contributed by atoms with van der Waals surface area (Å²) >= 11 is 11.7. The molecule has 0 bridgehead atoms. The number of rotatable bonds is 2. The highest BCUT2D eigenvalue weighted by Gasteiger charge is 2.16. The van der Waals surface area contributed by atoms with Crippen molar-refractivity contribution in [2.75, 3.05) is 0 Å². The Morgan fingerprint density at radius 2 is 2.00 bits per heavy atom. The fourth-order valence-electron chi connectivity index (χ4n) is 1.04. The van der Waals surface area contributed by atoms with Gasteiger partial charge in [0.05, 0.1) is 22.2 Å². The molecule has 1 rings (SSSR count). The van der Waals surface area contributed by atoms with Crippen molar-refractivity contribution in [2.45, 2.75) is 19.1 Å². The van der Waals surface area contributed by atoms with Crippen LogP contribution in [-0.4, -0.2) is 11.2 Å². The number of aliphatic hydroxyl groups excluding tert-OH is 1. The van der Waals surface area contributed by atoms with Gasteiger partial charge in [-0.3, -0.25) is 0 Å². The minimum Gasteiger partial charge on any atom is -0.391 e. The lowest BCUT2D eigenvalue weighted by Crippen LogP contribution is -2.23. The van der Waals surface area contributed by atoms with Gasteiger partial charge in [0.1, 0.15) is 0 Å². The lowest BCUT2D eigenvalue weighted by Gasteiger charge is -2.16. The van der Waals surface area contributed by atoms with E-state index in [0.29, 0.717) is 15.6 Å². The lowest BCUT2D eigenvalue weighted by molar-refractivity contribution is 0.164. The molecule has 0 saturated carbocycles. The van der Waals surface area contributed by atoms with Gasteiger partial charge in [-0.25, -0.2) is 0 Å². The van der Waals surface area contributed by atoms with Crippen molar-refractivity contribution >= 4 is 23.2 Å². The molecular formula is C9H11Cl2NO. The molecular weight excluding hydrogens is 209 g/mol. The molecule has 0 aliphatic carbocycles. The van der Waals surface area contributed by atoms with Crippen molar-refractivity contribution in [1.82, 2.24) is 0 Å². The molecule has 2 nitrogen and oxygen atoms in total. The van der Waals surface area contributed by atoms with Crippen molar-refractivity contribution in [1.29, 1.82) is 0 Å². The molecule has 4 heteroatoms. The summed E-state index contributed by atoms with van der Waals surface area (Å²) in [5.74, 6) is 0. The molecule has 1 aromatic carbocycles. The van der Waals surface area contributed by atoms with Crippen molar-refractivity contribution < 1.29 is 5.11 Å². The SMILES string of the molecule is CC(O)[C@@H](N)c1cccc(Cl)c1Cl. The third-order valence-electron chi connectivity index (χ3n) is 1.86. The molecule has 0 spiro atoms. The highest BCUT2D eigenvalue weighted by molar-refractivity contribution is 6.42. The summed E-state index contributed by atoms with van der Waals surface area (Å²) in [4.78, 5) is 0. The second-order valence-corrected chi connectivity index (χ2v) is 3.69. The molecule has 0 radical (unpaired) electrons. The Morgan fingerprint density at radius 3 is 2.54 bits per heavy atom. The number of benzene rings is 1. The van der Waals surface area contributed by atoms with Gasteiger partial charge in [0.25, 0.3) is 0 Å². The van der Waals surface area contributed by atoms with Crippen molar-refractivity contribution in [3.63, 3.8) is 0 Å². The van der Waals surface area contributed by atoms with Gasteiger partial charge in [-0.2, -0.15) is 0 Å². The number of hydrogen-bond acceptors (Lipinski definition) is 2. The van der Waals surface area contributed by atoms with Crippen LogP contribution in [0.25, 0.3) is 0 Å². The molecule has 72 valence electrons. The van der Waals surface area contributed by atoms with E-state index in [1.807, 2.05) is 0 Å². The van der Waals surface area contributed by atoms with Gasteiger partial charge in [0.2, 0.25) is 0 Å². The van der Waals surface area contributed by atoms with Crippen LogP contribution in [0.2, 0.25) is 10.0 Å². The first kappa shape index (κ1) is 10.8. The summed E-state index contributed by atoms with van der Waals surface area (Å²) in [6.45, 7) is 1.61. The van der Waals surface area contributed by atoms with Crippen LogP contribution in [-0.2, 0) is 0 Å². The predicted molar refractivity (Wildman–Crippen MR) is 55.1 cm³/mol. The highest BCUT2D eigenvalue weighted by atomic mass is 35.5. The second kappa shape index (κ2) is 4.29. The van der Waals surface area contributed by atoms with Crippen LogP contribution in [0.4, 0.5) is 0 Å². The topological polar surface area (TPSA) is 46.2 Å². The molecule has 0 fully saturated rings. The maximum atomic E-state index is 9.26. The molecule has 13 heavy (non-hydrogen) atoms. The smallest absolute Gasteiger partial charge is 0.0705 e. The second-order valence-electron chi connectivity index (χ2n) is 2.91. The Hall–Kier alpha value is -0.280. The minimum atomic E-state index is -0.643. The van der Waals surface area contributed by atoms with E-state index < -0.39 is 12.1 Å². The highest BCUT2D eigenvalue weighted by Crippen LogP contribution is 2.29. The van der Waals surface area contributed by atoms with E-state index in [9.17, 15) is 5.11 Å². The van der Waals surface area contributed by atoms with Crippen LogP contribution in [0.5, 0.6) is 0 Å². The van der Waals surface area contributed by atoms with Gasteiger partial charge in [-0.1, -0.05) is 35.3 Å². The maximum Gasteiger partial charge on any atom is 0.0705 e. The number of aliphatic hydroxyl groups is 1. The van der Waals surface area contributed by atoms with Gasteiger partial charge >= 0.3 is 0 Å². The Bertz CT molecular complexity index is 302. The van der Waals surface area contributed by atoms with E-state index in [4.69, 9.17) is 28.9 Å². The summed E-state index contributed by atoms with van der Waals surface area (Å²) < 4.78 is 0. The minimum absolute atomic E-state index is 0.414. The molecule has 2 atom stereocenters. The monoisotopic (exact) mass is 219 g/mol. The fourth-order valence-corrected chi connectivity index (χ4v) is 1.47. The average molecular weight is 220 g/mol. The van der Waals surface area contributed by atoms with E-state index in [-0.39, 0.29) is 0 Å². The third kappa shape index (κ3) is 2.35. The van der Waals surface area contributed by atoms with Gasteiger partial charge in [-0.15, -0.1) is 0 Å². The van der Waals surface area contributed by atoms with Crippen molar-refractivity contribution in [3.05, 3.63) is 33.8 Å². The average Bonchev–Trinajstić information content (AvgIpc) is 2.08. The molecule has 3 N–H and O–H groups in total. The number of nitrogens with two attached hydrogens (primary N) is 1. The summed E-state index contributed by atoms with van der Waals surface area (Å²) in [5.41, 5.74) is 6.38. The van der Waals surface area contributed by atoms with Gasteiger partial charge in [-0.05, 0) is 18.6 Å². The van der Waals surface area contributed by atoms with E-state index in [1.165, 1.54) is 0 Å². The molecule has 0 saturated heterocycles. The molecule has 1 aromatic rings. The predicted octanol–water partition coefficient (Wildman–Crippen LogP) is 2.37. The number of hydrogen-bond donors (Lipinski definition) is 2. The Morgan fingerprint density at radius 1 is 1.38 bits per heavy atom. The Kier molecular flexibility index (Phi) is 3.56. The Balaban J connectivity index is 3.07. The normalized spacial score (nSPS) is 15.5. The zero-order chi connectivity index (χ0) is 10.0. The summed E-state index contributed by atoms with van der Waals surface area (Å²) in [7, 11) is 0. The van der Waals surface area contributed by atoms with Crippen LogP contribution in [0.15, 0.2) is 18.2 Å². The first-order chi connectivity index (χ1) is 6.04. The molecule has 1 unspecified atom stereocenters. The van der Waals surface area contributed by atoms with Crippen molar-refractivity contribution in [2.24, 2.45) is 5.73 Å². The summed E-state index contributed by atoms with van der Waals surface area (Å²) in [5, 5.41) is 10.1. The van der Waals surface area contributed by atoms with Crippen LogP contribution in [0, 0.1) is 0 Å². The van der Waals surface area contributed by atoms with Gasteiger partial charge < -0.3 is 10.8 Å². The van der Waals surface area contributed by atoms with Gasteiger partial charge in [0.15, 0.2) is 0 Å². The van der Waals surface area contributed by atoms with E-state index in [1.54, 1.807) is 25.1 Å². The van der Waals surface area contributed by atoms with Crippen LogP contribution < -0.4 is 5.73 Å². The molecule has 0 aliphatic rings. The van der Waals surface area contributed by atoms with Crippen molar-refractivity contribution in [3.8, 4) is 0 Å². The van der Waals surface area contributed by atoms with Crippen LogP contribution in [0.1, 0.15) is 18.5 Å². The van der Waals surface area contributed by atoms with Gasteiger partial charge in [0, 0.05) is 0 Å². The number of halogens is 2. The summed E-state index contributed by atoms with van der Waals surface area (Å²) in [6.07, 6.45) is -0.643. The first-order valence-electron chi connectivity index (χ1n) is 3.91. The maximum absolute atomic E-state index is 9.26. The largest absolute Gasteiger partial charge is 0.391 e.